The van der Waals surface area contributed by atoms with Crippen LogP contribution in [0.1, 0.15) is 38.1 Å². The third-order valence-electron chi connectivity index (χ3n) is 2.96. The maximum atomic E-state index is 11.6. The predicted octanol–water partition coefficient (Wildman–Crippen LogP) is 0.872. The molecule has 1 aliphatic rings. The van der Waals surface area contributed by atoms with Gasteiger partial charge in [0.2, 0.25) is 0 Å². The Morgan fingerprint density at radius 3 is 3.19 bits per heavy atom. The fourth-order valence-electron chi connectivity index (χ4n) is 2.09. The van der Waals surface area contributed by atoms with E-state index in [1.54, 1.807) is 4.57 Å². The van der Waals surface area contributed by atoms with Crippen LogP contribution in [0.2, 0.25) is 0 Å². The van der Waals surface area contributed by atoms with Gasteiger partial charge in [-0.15, -0.1) is 0 Å². The molecule has 0 aromatic carbocycles. The monoisotopic (exact) mass is 244 g/mol. The molecule has 2 heterocycles. The molecular weight excluding hydrogens is 228 g/mol. The van der Waals surface area contributed by atoms with Gasteiger partial charge in [-0.25, -0.2) is 4.79 Å². The van der Waals surface area contributed by atoms with Gasteiger partial charge in [-0.1, -0.05) is 22.8 Å². The summed E-state index contributed by atoms with van der Waals surface area (Å²) in [6.45, 7) is 1.89. The molecule has 90 valence electrons. The van der Waals surface area contributed by atoms with Crippen molar-refractivity contribution in [1.29, 1.82) is 0 Å². The highest BCUT2D eigenvalue weighted by atomic mass is 32.2. The van der Waals surface area contributed by atoms with Gasteiger partial charge in [-0.2, -0.15) is 0 Å². The second-order valence-electron chi connectivity index (χ2n) is 4.03. The maximum Gasteiger partial charge on any atom is 0.442 e. The Morgan fingerprint density at radius 2 is 2.44 bits per heavy atom. The number of aromatic nitrogens is 2. The van der Waals surface area contributed by atoms with Crippen molar-refractivity contribution in [3.05, 3.63) is 16.4 Å². The largest absolute Gasteiger partial charge is 0.616 e. The first-order valence-electron chi connectivity index (χ1n) is 5.64. The van der Waals surface area contributed by atoms with Crippen molar-refractivity contribution >= 4 is 11.2 Å². The van der Waals surface area contributed by atoms with Crippen molar-refractivity contribution in [1.82, 2.24) is 9.72 Å². The molecule has 5 nitrogen and oxygen atoms in total. The summed E-state index contributed by atoms with van der Waals surface area (Å²) in [5.41, 5.74) is 0. The summed E-state index contributed by atoms with van der Waals surface area (Å²) in [4.78, 5) is 11.5. The molecule has 0 saturated carbocycles. The first-order chi connectivity index (χ1) is 7.72. The van der Waals surface area contributed by atoms with E-state index in [0.717, 1.165) is 25.7 Å². The summed E-state index contributed by atoms with van der Waals surface area (Å²) in [7, 11) is 0. The lowest BCUT2D eigenvalue weighted by molar-refractivity contribution is 0.358. The van der Waals surface area contributed by atoms with Gasteiger partial charge in [0.05, 0.1) is 6.04 Å². The third kappa shape index (κ3) is 2.32. The predicted molar refractivity (Wildman–Crippen MR) is 60.9 cm³/mol. The van der Waals surface area contributed by atoms with Gasteiger partial charge in [0.25, 0.3) is 0 Å². The van der Waals surface area contributed by atoms with E-state index in [9.17, 15) is 9.35 Å². The molecule has 0 radical (unpaired) electrons. The van der Waals surface area contributed by atoms with Crippen LogP contribution in [0.3, 0.4) is 0 Å². The zero-order chi connectivity index (χ0) is 11.5. The standard InChI is InChI=1S/C10H16N2O3S/c1-2-16(14)7-8-5-3-4-6-9-11-15-10(13)12(8)9/h8H,2-7H2,1H3. The van der Waals surface area contributed by atoms with Gasteiger partial charge in [-0.3, -0.25) is 9.09 Å². The van der Waals surface area contributed by atoms with Crippen molar-refractivity contribution < 1.29 is 9.08 Å². The Bertz CT molecular complexity index is 401. The number of fused-ring (bicyclic) bond motifs is 1. The van der Waals surface area contributed by atoms with Crippen molar-refractivity contribution in [2.24, 2.45) is 0 Å². The third-order valence-corrected chi connectivity index (χ3v) is 4.36. The van der Waals surface area contributed by atoms with Crippen LogP contribution < -0.4 is 5.76 Å². The average molecular weight is 244 g/mol. The van der Waals surface area contributed by atoms with Crippen LogP contribution in [0.5, 0.6) is 0 Å². The van der Waals surface area contributed by atoms with Crippen LogP contribution in [-0.4, -0.2) is 25.8 Å². The molecule has 0 N–H and O–H groups in total. The second-order valence-corrected chi connectivity index (χ2v) is 5.82. The number of nitrogens with zero attached hydrogens (tertiary/aromatic N) is 2. The summed E-state index contributed by atoms with van der Waals surface area (Å²) >= 11 is -0.861. The van der Waals surface area contributed by atoms with Crippen LogP contribution in [-0.2, 0) is 17.6 Å². The molecule has 0 bridgehead atoms. The van der Waals surface area contributed by atoms with E-state index in [0.29, 0.717) is 17.3 Å². The normalized spacial score (nSPS) is 22.5. The number of hydrogen-bond donors (Lipinski definition) is 0. The van der Waals surface area contributed by atoms with Crippen LogP contribution >= 0.6 is 0 Å². The highest BCUT2D eigenvalue weighted by molar-refractivity contribution is 7.91. The Labute approximate surface area is 97.0 Å². The Kier molecular flexibility index (Phi) is 3.70. The van der Waals surface area contributed by atoms with Gasteiger partial charge in [0.15, 0.2) is 5.82 Å². The van der Waals surface area contributed by atoms with Crippen molar-refractivity contribution in [2.45, 2.75) is 38.6 Å². The highest BCUT2D eigenvalue weighted by Gasteiger charge is 2.26. The fraction of sp³-hybridized carbons (Fsp3) is 0.800. The molecule has 0 fully saturated rings. The summed E-state index contributed by atoms with van der Waals surface area (Å²) in [5.74, 6) is 1.46. The maximum absolute atomic E-state index is 11.6. The summed E-state index contributed by atoms with van der Waals surface area (Å²) in [6.07, 6.45) is 3.73. The SMILES string of the molecule is CC[S+]([O-])CC1CCCCc2noc(=O)n21. The zero-order valence-corrected chi connectivity index (χ0v) is 10.2. The van der Waals surface area contributed by atoms with Crippen LogP contribution in [0, 0.1) is 0 Å². The van der Waals surface area contributed by atoms with E-state index < -0.39 is 16.9 Å². The van der Waals surface area contributed by atoms with Gasteiger partial charge in [0, 0.05) is 6.42 Å². The molecule has 0 amide bonds. The minimum absolute atomic E-state index is 0.00275. The molecule has 0 spiro atoms. The van der Waals surface area contributed by atoms with Crippen LogP contribution in [0.4, 0.5) is 0 Å². The zero-order valence-electron chi connectivity index (χ0n) is 9.35. The molecule has 0 saturated heterocycles. The topological polar surface area (TPSA) is 71.1 Å². The molecule has 2 unspecified atom stereocenters. The summed E-state index contributed by atoms with van der Waals surface area (Å²) in [6, 6.07) is -0.00275. The quantitative estimate of drug-likeness (QED) is 0.740. The first kappa shape index (κ1) is 11.7. The lowest BCUT2D eigenvalue weighted by Crippen LogP contribution is -2.28. The Morgan fingerprint density at radius 1 is 1.62 bits per heavy atom. The molecule has 1 aliphatic heterocycles. The molecule has 6 heteroatoms. The molecular formula is C10H16N2O3S. The Hall–Kier alpha value is -0.750. The van der Waals surface area contributed by atoms with Gasteiger partial charge in [-0.05, 0) is 19.8 Å². The highest BCUT2D eigenvalue weighted by Crippen LogP contribution is 2.22. The number of aryl methyl sites for hydroxylation is 1. The van der Waals surface area contributed by atoms with E-state index in [1.807, 2.05) is 6.92 Å². The smallest absolute Gasteiger partial charge is 0.442 e. The van der Waals surface area contributed by atoms with Gasteiger partial charge >= 0.3 is 5.76 Å². The van der Waals surface area contributed by atoms with E-state index in [2.05, 4.69) is 9.68 Å². The first-order valence-corrected chi connectivity index (χ1v) is 7.13. The molecule has 2 atom stereocenters. The van der Waals surface area contributed by atoms with Gasteiger partial charge in [0.1, 0.15) is 11.5 Å². The van der Waals surface area contributed by atoms with E-state index in [4.69, 9.17) is 0 Å². The van der Waals surface area contributed by atoms with Crippen molar-refractivity contribution in [2.75, 3.05) is 11.5 Å². The van der Waals surface area contributed by atoms with Gasteiger partial charge < -0.3 is 4.55 Å². The molecule has 0 aliphatic carbocycles. The van der Waals surface area contributed by atoms with E-state index in [-0.39, 0.29) is 6.04 Å². The molecule has 1 aromatic rings. The minimum Gasteiger partial charge on any atom is -0.616 e. The van der Waals surface area contributed by atoms with E-state index >= 15 is 0 Å². The van der Waals surface area contributed by atoms with Crippen LogP contribution in [0.25, 0.3) is 0 Å². The number of hydrogen-bond acceptors (Lipinski definition) is 4. The van der Waals surface area contributed by atoms with Crippen molar-refractivity contribution in [3.63, 3.8) is 0 Å². The lowest BCUT2D eigenvalue weighted by Gasteiger charge is -2.17. The fourth-order valence-corrected chi connectivity index (χ4v) is 3.07. The summed E-state index contributed by atoms with van der Waals surface area (Å²) < 4.78 is 17.9. The molecule has 2 rings (SSSR count). The molecule has 1 aromatic heterocycles. The van der Waals surface area contributed by atoms with Crippen LogP contribution in [0.15, 0.2) is 9.32 Å². The second kappa shape index (κ2) is 5.05. The summed E-state index contributed by atoms with van der Waals surface area (Å²) in [5, 5.41) is 3.78. The van der Waals surface area contributed by atoms with Crippen molar-refractivity contribution in [3.8, 4) is 0 Å². The Balaban J connectivity index is 2.24. The molecule has 16 heavy (non-hydrogen) atoms. The lowest BCUT2D eigenvalue weighted by atomic mass is 10.1. The average Bonchev–Trinajstić information content (AvgIpc) is 2.53. The number of rotatable bonds is 3. The minimum atomic E-state index is -0.861. The van der Waals surface area contributed by atoms with E-state index in [1.165, 1.54) is 0 Å².